The first-order chi connectivity index (χ1) is 29.0. The SMILES string of the molecule is CC1(C)c2cc(-c3ccc(-c4cc(-c5cccc(-c6ccccc6)c5)nc(-c5ccc(-c6ccccc6)cc5)n4)c4ccccc34)ccc2-c2cc3ccccc3cc21. The highest BCUT2D eigenvalue weighted by atomic mass is 14.9. The fourth-order valence-corrected chi connectivity index (χ4v) is 9.16. The van der Waals surface area contributed by atoms with Gasteiger partial charge < -0.3 is 0 Å². The molecule has 1 aliphatic rings. The Morgan fingerprint density at radius 1 is 0.305 bits per heavy atom. The lowest BCUT2D eigenvalue weighted by molar-refractivity contribution is 0.661. The molecule has 2 heteroatoms. The highest BCUT2D eigenvalue weighted by Gasteiger charge is 2.36. The molecule has 1 aliphatic carbocycles. The van der Waals surface area contributed by atoms with Crippen LogP contribution in [0.25, 0.3) is 100.0 Å². The summed E-state index contributed by atoms with van der Waals surface area (Å²) in [6.07, 6.45) is 0. The van der Waals surface area contributed by atoms with E-state index < -0.39 is 0 Å². The minimum Gasteiger partial charge on any atom is -0.228 e. The summed E-state index contributed by atoms with van der Waals surface area (Å²) in [5.74, 6) is 0.698. The lowest BCUT2D eigenvalue weighted by Gasteiger charge is -2.22. The van der Waals surface area contributed by atoms with Crippen molar-refractivity contribution in [1.29, 1.82) is 0 Å². The first-order valence-electron chi connectivity index (χ1n) is 20.4. The largest absolute Gasteiger partial charge is 0.228 e. The van der Waals surface area contributed by atoms with Crippen molar-refractivity contribution in [2.24, 2.45) is 0 Å². The molecule has 2 nitrogen and oxygen atoms in total. The predicted octanol–water partition coefficient (Wildman–Crippen LogP) is 15.1. The Morgan fingerprint density at radius 3 is 1.56 bits per heavy atom. The average molecular weight is 753 g/mol. The third kappa shape index (κ3) is 6.04. The van der Waals surface area contributed by atoms with Gasteiger partial charge in [0.05, 0.1) is 11.4 Å². The van der Waals surface area contributed by atoms with Crippen molar-refractivity contribution in [3.05, 3.63) is 217 Å². The summed E-state index contributed by atoms with van der Waals surface area (Å²) in [5.41, 5.74) is 17.3. The molecule has 278 valence electrons. The van der Waals surface area contributed by atoms with E-state index in [0.29, 0.717) is 5.82 Å². The second-order valence-electron chi connectivity index (χ2n) is 16.2. The molecule has 0 radical (unpaired) electrons. The van der Waals surface area contributed by atoms with Gasteiger partial charge in [0.1, 0.15) is 0 Å². The van der Waals surface area contributed by atoms with Gasteiger partial charge in [-0.1, -0.05) is 190 Å². The smallest absolute Gasteiger partial charge is 0.160 e. The van der Waals surface area contributed by atoms with Gasteiger partial charge in [-0.3, -0.25) is 0 Å². The van der Waals surface area contributed by atoms with Gasteiger partial charge in [-0.2, -0.15) is 0 Å². The molecule has 9 aromatic carbocycles. The Kier molecular flexibility index (Phi) is 8.20. The fraction of sp³-hybridized carbons (Fsp3) is 0.0526. The predicted molar refractivity (Wildman–Crippen MR) is 247 cm³/mol. The van der Waals surface area contributed by atoms with E-state index in [1.54, 1.807) is 0 Å². The summed E-state index contributed by atoms with van der Waals surface area (Å²) in [4.78, 5) is 10.6. The molecule has 0 bridgehead atoms. The number of rotatable bonds is 6. The van der Waals surface area contributed by atoms with E-state index >= 15 is 0 Å². The molecule has 0 N–H and O–H groups in total. The highest BCUT2D eigenvalue weighted by Crippen LogP contribution is 2.51. The monoisotopic (exact) mass is 752 g/mol. The van der Waals surface area contributed by atoms with Crippen molar-refractivity contribution < 1.29 is 0 Å². The number of nitrogens with zero attached hydrogens (tertiary/aromatic N) is 2. The molecule has 11 rings (SSSR count). The molecule has 0 saturated carbocycles. The van der Waals surface area contributed by atoms with Crippen molar-refractivity contribution in [2.45, 2.75) is 19.3 Å². The van der Waals surface area contributed by atoms with Gasteiger partial charge in [-0.15, -0.1) is 0 Å². The zero-order chi connectivity index (χ0) is 39.5. The summed E-state index contributed by atoms with van der Waals surface area (Å²) in [5, 5.41) is 4.93. The van der Waals surface area contributed by atoms with E-state index in [-0.39, 0.29) is 5.41 Å². The van der Waals surface area contributed by atoms with Gasteiger partial charge in [0.15, 0.2) is 5.82 Å². The number of fused-ring (bicyclic) bond motifs is 5. The van der Waals surface area contributed by atoms with Crippen LogP contribution in [0.2, 0.25) is 0 Å². The molecule has 10 aromatic rings. The van der Waals surface area contributed by atoms with Crippen molar-refractivity contribution >= 4 is 21.5 Å². The third-order valence-electron chi connectivity index (χ3n) is 12.3. The molecule has 0 aliphatic heterocycles. The Morgan fingerprint density at radius 2 is 0.814 bits per heavy atom. The zero-order valence-electron chi connectivity index (χ0n) is 33.0. The standard InChI is InChI=1S/C57H40N2/c1-57(2)52-35-44(28-29-49(52)51-33-42-18-9-10-19-43(42)34-53(51)57)46-30-31-50(48-23-12-11-22-47(46)48)55-36-54(45-21-13-20-41(32-45)38-16-7-4-8-17-38)58-56(59-55)40-26-24-39(25-27-40)37-14-5-3-6-15-37/h3-36H,1-2H3. The molecule has 0 spiro atoms. The van der Waals surface area contributed by atoms with Gasteiger partial charge in [-0.05, 0) is 108 Å². The second-order valence-corrected chi connectivity index (χ2v) is 16.2. The van der Waals surface area contributed by atoms with Gasteiger partial charge in [0, 0.05) is 22.1 Å². The Labute approximate surface area is 345 Å². The highest BCUT2D eigenvalue weighted by molar-refractivity contribution is 6.05. The maximum Gasteiger partial charge on any atom is 0.160 e. The minimum absolute atomic E-state index is 0.120. The van der Waals surface area contributed by atoms with Crippen LogP contribution in [0.1, 0.15) is 25.0 Å². The summed E-state index contributed by atoms with van der Waals surface area (Å²) in [6.45, 7) is 4.74. The third-order valence-corrected chi connectivity index (χ3v) is 12.3. The molecule has 0 saturated heterocycles. The van der Waals surface area contributed by atoms with Crippen LogP contribution < -0.4 is 0 Å². The second kappa shape index (κ2) is 13.9. The van der Waals surface area contributed by atoms with E-state index in [0.717, 1.165) is 44.6 Å². The summed E-state index contributed by atoms with van der Waals surface area (Å²) < 4.78 is 0. The van der Waals surface area contributed by atoms with Crippen molar-refractivity contribution in [1.82, 2.24) is 9.97 Å². The summed E-state index contributed by atoms with van der Waals surface area (Å²) in [6, 6.07) is 74.3. The van der Waals surface area contributed by atoms with Crippen molar-refractivity contribution in [3.63, 3.8) is 0 Å². The average Bonchev–Trinajstić information content (AvgIpc) is 3.52. The molecular formula is C57H40N2. The molecular weight excluding hydrogens is 713 g/mol. The van der Waals surface area contributed by atoms with Crippen molar-refractivity contribution in [3.8, 4) is 78.4 Å². The minimum atomic E-state index is -0.120. The van der Waals surface area contributed by atoms with Crippen LogP contribution in [0.3, 0.4) is 0 Å². The Bertz CT molecular complexity index is 3220. The van der Waals surface area contributed by atoms with E-state index in [1.807, 2.05) is 0 Å². The Hall–Kier alpha value is -7.42. The van der Waals surface area contributed by atoms with E-state index in [9.17, 15) is 0 Å². The van der Waals surface area contributed by atoms with Crippen LogP contribution in [0, 0.1) is 0 Å². The zero-order valence-corrected chi connectivity index (χ0v) is 33.0. The lowest BCUT2D eigenvalue weighted by Crippen LogP contribution is -2.15. The van der Waals surface area contributed by atoms with Gasteiger partial charge in [0.2, 0.25) is 0 Å². The molecule has 0 atom stereocenters. The number of aromatic nitrogens is 2. The summed E-state index contributed by atoms with van der Waals surface area (Å²) >= 11 is 0. The van der Waals surface area contributed by atoms with E-state index in [2.05, 4.69) is 220 Å². The topological polar surface area (TPSA) is 25.8 Å². The maximum absolute atomic E-state index is 5.34. The normalized spacial score (nSPS) is 12.7. The molecule has 1 heterocycles. The van der Waals surface area contributed by atoms with Gasteiger partial charge >= 0.3 is 0 Å². The fourth-order valence-electron chi connectivity index (χ4n) is 9.16. The van der Waals surface area contributed by atoms with Crippen LogP contribution in [-0.4, -0.2) is 9.97 Å². The first kappa shape index (κ1) is 34.8. The van der Waals surface area contributed by atoms with Crippen molar-refractivity contribution in [2.75, 3.05) is 0 Å². The van der Waals surface area contributed by atoms with E-state index in [4.69, 9.17) is 9.97 Å². The van der Waals surface area contributed by atoms with Gasteiger partial charge in [-0.25, -0.2) is 9.97 Å². The number of hydrogen-bond acceptors (Lipinski definition) is 2. The van der Waals surface area contributed by atoms with E-state index in [1.165, 1.54) is 60.7 Å². The molecule has 1 aromatic heterocycles. The molecule has 59 heavy (non-hydrogen) atoms. The Balaban J connectivity index is 1.04. The first-order valence-corrected chi connectivity index (χ1v) is 20.4. The maximum atomic E-state index is 5.34. The molecule has 0 fully saturated rings. The quantitative estimate of drug-likeness (QED) is 0.169. The summed E-state index contributed by atoms with van der Waals surface area (Å²) in [7, 11) is 0. The van der Waals surface area contributed by atoms with Gasteiger partial charge in [0.25, 0.3) is 0 Å². The number of benzene rings is 9. The van der Waals surface area contributed by atoms with Crippen LogP contribution in [0.15, 0.2) is 206 Å². The lowest BCUT2D eigenvalue weighted by atomic mass is 9.81. The van der Waals surface area contributed by atoms with Crippen LogP contribution in [0.4, 0.5) is 0 Å². The van der Waals surface area contributed by atoms with Crippen LogP contribution in [-0.2, 0) is 5.41 Å². The molecule has 0 unspecified atom stereocenters. The van der Waals surface area contributed by atoms with Crippen LogP contribution in [0.5, 0.6) is 0 Å². The number of hydrogen-bond donors (Lipinski definition) is 0. The van der Waals surface area contributed by atoms with Crippen LogP contribution >= 0.6 is 0 Å². The molecule has 0 amide bonds.